The molecular weight excluding hydrogens is 186 g/mol. The molecule has 1 N–H and O–H groups in total. The summed E-state index contributed by atoms with van der Waals surface area (Å²) in [6.45, 7) is 0. The van der Waals surface area contributed by atoms with Crippen LogP contribution in [0.4, 0.5) is 0 Å². The van der Waals surface area contributed by atoms with E-state index < -0.39 is 0 Å². The molecule has 2 heteroatoms. The van der Waals surface area contributed by atoms with Gasteiger partial charge in [-0.25, -0.2) is 0 Å². The molecule has 0 atom stereocenters. The summed E-state index contributed by atoms with van der Waals surface area (Å²) in [7, 11) is 0. The quantitative estimate of drug-likeness (QED) is 0.736. The maximum atomic E-state index is 9.27. The molecule has 0 bridgehead atoms. The maximum Gasteiger partial charge on any atom is 0.175 e. The van der Waals surface area contributed by atoms with E-state index in [2.05, 4.69) is 0 Å². The first kappa shape index (κ1) is 9.46. The summed E-state index contributed by atoms with van der Waals surface area (Å²) < 4.78 is 1.95. The third kappa shape index (κ3) is 2.68. The number of aromatic nitrogens is 1. The van der Waals surface area contributed by atoms with E-state index in [1.807, 2.05) is 59.6 Å². The van der Waals surface area contributed by atoms with E-state index in [1.165, 1.54) is 0 Å². The van der Waals surface area contributed by atoms with Gasteiger partial charge in [-0.15, -0.1) is 0 Å². The van der Waals surface area contributed by atoms with E-state index in [-0.39, 0.29) is 5.75 Å². The Labute approximate surface area is 88.8 Å². The summed E-state index contributed by atoms with van der Waals surface area (Å²) in [5.74, 6) is 0.287. The number of phenols is 1. The lowest BCUT2D eigenvalue weighted by molar-refractivity contribution is -0.567. The number of rotatable bonds is 2. The van der Waals surface area contributed by atoms with Gasteiger partial charge in [-0.05, 0) is 17.7 Å². The minimum absolute atomic E-state index is 0.287. The van der Waals surface area contributed by atoms with E-state index in [0.29, 0.717) is 0 Å². The van der Waals surface area contributed by atoms with E-state index >= 15 is 0 Å². The molecule has 0 saturated carbocycles. The van der Waals surface area contributed by atoms with Gasteiger partial charge in [-0.3, -0.25) is 0 Å². The van der Waals surface area contributed by atoms with Crippen LogP contribution < -0.4 is 4.57 Å². The zero-order valence-corrected chi connectivity index (χ0v) is 8.25. The number of nitrogens with zero attached hydrogens (tertiary/aromatic N) is 1. The normalized spacial score (nSPS) is 10.7. The fourth-order valence-electron chi connectivity index (χ4n) is 1.31. The highest BCUT2D eigenvalue weighted by atomic mass is 16.3. The lowest BCUT2D eigenvalue weighted by atomic mass is 10.2. The second kappa shape index (κ2) is 4.42. The zero-order valence-electron chi connectivity index (χ0n) is 8.25. The van der Waals surface area contributed by atoms with Gasteiger partial charge in [0, 0.05) is 18.2 Å². The molecule has 0 unspecified atom stereocenters. The summed E-state index contributed by atoms with van der Waals surface area (Å²) in [6, 6.07) is 13.1. The van der Waals surface area contributed by atoms with Crippen LogP contribution >= 0.6 is 0 Å². The molecule has 1 aromatic carbocycles. The number of phenolic OH excluding ortho intramolecular Hbond substituents is 1. The van der Waals surface area contributed by atoms with E-state index in [9.17, 15) is 5.11 Å². The van der Waals surface area contributed by atoms with Crippen LogP contribution in [0.25, 0.3) is 12.3 Å². The summed E-state index contributed by atoms with van der Waals surface area (Å²) in [5.41, 5.74) is 0.978. The highest BCUT2D eigenvalue weighted by Gasteiger charge is 1.92. The van der Waals surface area contributed by atoms with Gasteiger partial charge in [0.1, 0.15) is 5.75 Å². The lowest BCUT2D eigenvalue weighted by Gasteiger charge is -1.92. The molecule has 2 nitrogen and oxygen atoms in total. The fraction of sp³-hybridized carbons (Fsp3) is 0. The first-order valence-electron chi connectivity index (χ1n) is 4.77. The van der Waals surface area contributed by atoms with Crippen molar-refractivity contribution in [2.75, 3.05) is 0 Å². The predicted octanol–water partition coefficient (Wildman–Crippen LogP) is 2.31. The molecule has 0 radical (unpaired) electrons. The van der Waals surface area contributed by atoms with Crippen molar-refractivity contribution < 1.29 is 9.67 Å². The maximum absolute atomic E-state index is 9.27. The molecule has 0 aliphatic heterocycles. The van der Waals surface area contributed by atoms with Gasteiger partial charge >= 0.3 is 0 Å². The Morgan fingerprint density at radius 3 is 2.53 bits per heavy atom. The molecule has 0 saturated heterocycles. The van der Waals surface area contributed by atoms with Crippen molar-refractivity contribution in [1.29, 1.82) is 0 Å². The highest BCUT2D eigenvalue weighted by molar-refractivity contribution is 5.58. The second-order valence-electron chi connectivity index (χ2n) is 3.23. The molecule has 1 aromatic heterocycles. The van der Waals surface area contributed by atoms with Crippen molar-refractivity contribution in [3.05, 3.63) is 60.4 Å². The molecular formula is C13H12NO+. The minimum atomic E-state index is 0.287. The third-order valence-electron chi connectivity index (χ3n) is 2.05. The summed E-state index contributed by atoms with van der Waals surface area (Å²) in [4.78, 5) is 0. The van der Waals surface area contributed by atoms with Gasteiger partial charge in [-0.1, -0.05) is 18.2 Å². The molecule has 15 heavy (non-hydrogen) atoms. The molecule has 2 aromatic rings. The largest absolute Gasteiger partial charge is 0.508 e. The van der Waals surface area contributed by atoms with Crippen molar-refractivity contribution in [2.45, 2.75) is 0 Å². The van der Waals surface area contributed by atoms with Crippen LogP contribution in [-0.4, -0.2) is 5.11 Å². The zero-order chi connectivity index (χ0) is 10.5. The van der Waals surface area contributed by atoms with Crippen LogP contribution in [0.3, 0.4) is 0 Å². The number of hydrogen-bond donors (Lipinski definition) is 1. The van der Waals surface area contributed by atoms with Crippen molar-refractivity contribution in [1.82, 2.24) is 0 Å². The van der Waals surface area contributed by atoms with Crippen molar-refractivity contribution in [2.24, 2.45) is 0 Å². The second-order valence-corrected chi connectivity index (χ2v) is 3.23. The smallest absolute Gasteiger partial charge is 0.175 e. The van der Waals surface area contributed by atoms with Gasteiger partial charge in [-0.2, -0.15) is 4.57 Å². The Balaban J connectivity index is 2.19. The monoisotopic (exact) mass is 198 g/mol. The van der Waals surface area contributed by atoms with Gasteiger partial charge in [0.25, 0.3) is 0 Å². The molecule has 74 valence electrons. The molecule has 0 fully saturated rings. The Kier molecular flexibility index (Phi) is 2.79. The topological polar surface area (TPSA) is 24.1 Å². The fourth-order valence-corrected chi connectivity index (χ4v) is 1.31. The first-order chi connectivity index (χ1) is 7.34. The van der Waals surface area contributed by atoms with Crippen LogP contribution in [0.2, 0.25) is 0 Å². The lowest BCUT2D eigenvalue weighted by Crippen LogP contribution is -2.23. The average Bonchev–Trinajstić information content (AvgIpc) is 2.28. The number of hydrogen-bond acceptors (Lipinski definition) is 1. The Morgan fingerprint density at radius 1 is 1.00 bits per heavy atom. The van der Waals surface area contributed by atoms with Crippen molar-refractivity contribution >= 4 is 12.3 Å². The standard InChI is InChI=1S/C13H11NO/c15-13-6-4-5-12(11-13)7-10-14-8-2-1-3-9-14/h1-11H/p+1/b10-7+. The Morgan fingerprint density at radius 2 is 1.80 bits per heavy atom. The summed E-state index contributed by atoms with van der Waals surface area (Å²) in [6.07, 6.45) is 7.80. The van der Waals surface area contributed by atoms with Crippen LogP contribution in [-0.2, 0) is 0 Å². The number of benzene rings is 1. The summed E-state index contributed by atoms with van der Waals surface area (Å²) >= 11 is 0. The molecule has 1 heterocycles. The van der Waals surface area contributed by atoms with Gasteiger partial charge < -0.3 is 5.11 Å². The van der Waals surface area contributed by atoms with Gasteiger partial charge in [0.05, 0.1) is 0 Å². The van der Waals surface area contributed by atoms with E-state index in [4.69, 9.17) is 0 Å². The molecule has 0 aliphatic rings. The van der Waals surface area contributed by atoms with Crippen LogP contribution in [0.1, 0.15) is 5.56 Å². The van der Waals surface area contributed by atoms with Crippen LogP contribution in [0.5, 0.6) is 5.75 Å². The van der Waals surface area contributed by atoms with Gasteiger partial charge in [0.2, 0.25) is 0 Å². The van der Waals surface area contributed by atoms with E-state index in [0.717, 1.165) is 5.56 Å². The molecule has 0 amide bonds. The Bertz CT molecular complexity index is 463. The summed E-state index contributed by atoms with van der Waals surface area (Å²) in [5, 5.41) is 9.27. The Hall–Kier alpha value is -2.09. The van der Waals surface area contributed by atoms with Crippen LogP contribution in [0, 0.1) is 0 Å². The number of aromatic hydroxyl groups is 1. The average molecular weight is 198 g/mol. The van der Waals surface area contributed by atoms with Crippen molar-refractivity contribution in [3.8, 4) is 5.75 Å². The van der Waals surface area contributed by atoms with E-state index in [1.54, 1.807) is 12.1 Å². The minimum Gasteiger partial charge on any atom is -0.508 e. The first-order valence-corrected chi connectivity index (χ1v) is 4.77. The van der Waals surface area contributed by atoms with Gasteiger partial charge in [0.15, 0.2) is 18.6 Å². The van der Waals surface area contributed by atoms with Crippen molar-refractivity contribution in [3.63, 3.8) is 0 Å². The highest BCUT2D eigenvalue weighted by Crippen LogP contribution is 2.11. The predicted molar refractivity (Wildman–Crippen MR) is 60.0 cm³/mol. The molecule has 0 aliphatic carbocycles. The van der Waals surface area contributed by atoms with Crippen LogP contribution in [0.15, 0.2) is 54.9 Å². The molecule has 0 spiro atoms. The third-order valence-corrected chi connectivity index (χ3v) is 2.05. The molecule has 2 rings (SSSR count). The SMILES string of the molecule is Oc1cccc(/C=C/[n+]2ccccc2)c1. The number of pyridine rings is 1.